The highest BCUT2D eigenvalue weighted by Gasteiger charge is 2.28. The molecule has 1 aliphatic rings. The Labute approximate surface area is 120 Å². The van der Waals surface area contributed by atoms with Gasteiger partial charge in [-0.05, 0) is 25.0 Å². The Kier molecular flexibility index (Phi) is 4.39. The molecule has 6 nitrogen and oxygen atoms in total. The van der Waals surface area contributed by atoms with Crippen molar-refractivity contribution >= 4 is 34.1 Å². The fourth-order valence-corrected chi connectivity index (χ4v) is 3.10. The summed E-state index contributed by atoms with van der Waals surface area (Å²) in [5.74, 6) is -1.41. The monoisotopic (exact) mass is 296 g/mol. The number of carboxylic acid groups (broad SMARTS) is 1. The summed E-state index contributed by atoms with van der Waals surface area (Å²) in [6.45, 7) is 2.34. The number of thiophene rings is 1. The van der Waals surface area contributed by atoms with Crippen LogP contribution in [0.4, 0.5) is 5.00 Å². The molecule has 0 bridgehead atoms. The van der Waals surface area contributed by atoms with Crippen molar-refractivity contribution in [3.05, 3.63) is 17.0 Å². The molecule has 20 heavy (non-hydrogen) atoms. The topological polar surface area (TPSA) is 86.7 Å². The molecule has 0 saturated carbocycles. The maximum absolute atomic E-state index is 12.3. The van der Waals surface area contributed by atoms with Crippen molar-refractivity contribution in [3.63, 3.8) is 0 Å². The lowest BCUT2D eigenvalue weighted by Crippen LogP contribution is -2.39. The maximum atomic E-state index is 12.3. The van der Waals surface area contributed by atoms with Crippen LogP contribution >= 0.6 is 11.3 Å². The highest BCUT2D eigenvalue weighted by Crippen LogP contribution is 2.25. The quantitative estimate of drug-likeness (QED) is 0.887. The van der Waals surface area contributed by atoms with E-state index in [-0.39, 0.29) is 17.7 Å². The Morgan fingerprint density at radius 2 is 1.95 bits per heavy atom. The molecule has 0 aromatic carbocycles. The molecule has 1 aromatic heterocycles. The van der Waals surface area contributed by atoms with Crippen molar-refractivity contribution in [2.24, 2.45) is 5.92 Å². The third-order valence-electron chi connectivity index (χ3n) is 3.25. The fourth-order valence-electron chi connectivity index (χ4n) is 2.18. The van der Waals surface area contributed by atoms with Crippen LogP contribution in [0.1, 0.15) is 29.4 Å². The van der Waals surface area contributed by atoms with Crippen LogP contribution in [-0.4, -0.2) is 40.9 Å². The number of piperidine rings is 1. The van der Waals surface area contributed by atoms with E-state index in [1.807, 2.05) is 0 Å². The standard InChI is InChI=1S/C13H16N2O4S/c1-8(16)14-11-3-2-10(20-11)12(17)15-6-4-9(5-7-15)13(18)19/h2-3,9H,4-7H2,1H3,(H,14,16)(H,18,19). The minimum atomic E-state index is -0.791. The molecule has 2 heterocycles. The molecule has 7 heteroatoms. The number of carbonyl (C=O) groups excluding carboxylic acids is 2. The highest BCUT2D eigenvalue weighted by molar-refractivity contribution is 7.18. The molecule has 2 rings (SSSR count). The average molecular weight is 296 g/mol. The molecule has 2 N–H and O–H groups in total. The number of likely N-dealkylation sites (tertiary alicyclic amines) is 1. The van der Waals surface area contributed by atoms with Gasteiger partial charge >= 0.3 is 5.97 Å². The number of amides is 2. The average Bonchev–Trinajstić information content (AvgIpc) is 2.85. The molecule has 0 spiro atoms. The Balaban J connectivity index is 1.96. The van der Waals surface area contributed by atoms with Gasteiger partial charge < -0.3 is 15.3 Å². The van der Waals surface area contributed by atoms with Crippen LogP contribution < -0.4 is 5.32 Å². The van der Waals surface area contributed by atoms with Crippen molar-refractivity contribution in [1.82, 2.24) is 4.90 Å². The molecular weight excluding hydrogens is 280 g/mol. The van der Waals surface area contributed by atoms with E-state index in [4.69, 9.17) is 5.11 Å². The summed E-state index contributed by atoms with van der Waals surface area (Å²) >= 11 is 1.23. The van der Waals surface area contributed by atoms with Gasteiger partial charge in [0.1, 0.15) is 0 Å². The van der Waals surface area contributed by atoms with Crippen molar-refractivity contribution in [2.75, 3.05) is 18.4 Å². The summed E-state index contributed by atoms with van der Waals surface area (Å²) in [6, 6.07) is 3.38. The second-order valence-corrected chi connectivity index (χ2v) is 5.83. The predicted molar refractivity (Wildman–Crippen MR) is 74.9 cm³/mol. The third kappa shape index (κ3) is 3.36. The highest BCUT2D eigenvalue weighted by atomic mass is 32.1. The Bertz CT molecular complexity index is 532. The van der Waals surface area contributed by atoms with E-state index in [9.17, 15) is 14.4 Å². The van der Waals surface area contributed by atoms with Gasteiger partial charge in [0.05, 0.1) is 15.8 Å². The van der Waals surface area contributed by atoms with Crippen LogP contribution in [0, 0.1) is 5.92 Å². The van der Waals surface area contributed by atoms with Gasteiger partial charge in [0.2, 0.25) is 5.91 Å². The van der Waals surface area contributed by atoms with Gasteiger partial charge in [-0.25, -0.2) is 0 Å². The molecule has 0 radical (unpaired) electrons. The Hall–Kier alpha value is -1.89. The number of carbonyl (C=O) groups is 3. The van der Waals surface area contributed by atoms with Crippen LogP contribution in [-0.2, 0) is 9.59 Å². The van der Waals surface area contributed by atoms with Crippen LogP contribution in [0.5, 0.6) is 0 Å². The van der Waals surface area contributed by atoms with E-state index < -0.39 is 5.97 Å². The Morgan fingerprint density at radius 3 is 2.50 bits per heavy atom. The predicted octanol–water partition coefficient (Wildman–Crippen LogP) is 1.64. The van der Waals surface area contributed by atoms with Crippen LogP contribution in [0.2, 0.25) is 0 Å². The number of aliphatic carboxylic acids is 1. The fraction of sp³-hybridized carbons (Fsp3) is 0.462. The van der Waals surface area contributed by atoms with Gasteiger partial charge in [-0.3, -0.25) is 14.4 Å². The van der Waals surface area contributed by atoms with Gasteiger partial charge in [0.25, 0.3) is 5.91 Å². The summed E-state index contributed by atoms with van der Waals surface area (Å²) < 4.78 is 0. The summed E-state index contributed by atoms with van der Waals surface area (Å²) in [6.07, 6.45) is 0.982. The normalized spacial score (nSPS) is 15.9. The lowest BCUT2D eigenvalue weighted by atomic mass is 9.97. The van der Waals surface area contributed by atoms with Crippen molar-refractivity contribution in [1.29, 1.82) is 0 Å². The van der Waals surface area contributed by atoms with Crippen LogP contribution in [0.15, 0.2) is 12.1 Å². The molecule has 1 aliphatic heterocycles. The number of nitrogens with one attached hydrogen (secondary N) is 1. The van der Waals surface area contributed by atoms with E-state index >= 15 is 0 Å². The largest absolute Gasteiger partial charge is 0.481 e. The molecule has 1 aromatic rings. The van der Waals surface area contributed by atoms with Crippen molar-refractivity contribution in [2.45, 2.75) is 19.8 Å². The van der Waals surface area contributed by atoms with E-state index in [1.165, 1.54) is 18.3 Å². The maximum Gasteiger partial charge on any atom is 0.306 e. The smallest absolute Gasteiger partial charge is 0.306 e. The first-order valence-electron chi connectivity index (χ1n) is 6.37. The van der Waals surface area contributed by atoms with E-state index in [1.54, 1.807) is 17.0 Å². The number of anilines is 1. The van der Waals surface area contributed by atoms with Gasteiger partial charge in [-0.1, -0.05) is 0 Å². The van der Waals surface area contributed by atoms with Crippen LogP contribution in [0.25, 0.3) is 0 Å². The van der Waals surface area contributed by atoms with Gasteiger partial charge in [0, 0.05) is 20.0 Å². The van der Waals surface area contributed by atoms with Gasteiger partial charge in [-0.15, -0.1) is 11.3 Å². The van der Waals surface area contributed by atoms with Crippen LogP contribution in [0.3, 0.4) is 0 Å². The second kappa shape index (κ2) is 6.04. The zero-order valence-electron chi connectivity index (χ0n) is 11.1. The number of hydrogen-bond donors (Lipinski definition) is 2. The molecule has 2 amide bonds. The van der Waals surface area contributed by atoms with Crippen molar-refractivity contribution in [3.8, 4) is 0 Å². The number of hydrogen-bond acceptors (Lipinski definition) is 4. The zero-order chi connectivity index (χ0) is 14.7. The SMILES string of the molecule is CC(=O)Nc1ccc(C(=O)N2CCC(C(=O)O)CC2)s1. The van der Waals surface area contributed by atoms with E-state index in [2.05, 4.69) is 5.32 Å². The first kappa shape index (κ1) is 14.5. The summed E-state index contributed by atoms with van der Waals surface area (Å²) in [5.41, 5.74) is 0. The summed E-state index contributed by atoms with van der Waals surface area (Å²) in [5, 5.41) is 12.2. The molecule has 1 fully saturated rings. The molecule has 0 aliphatic carbocycles. The summed E-state index contributed by atoms with van der Waals surface area (Å²) in [7, 11) is 0. The molecule has 0 atom stereocenters. The third-order valence-corrected chi connectivity index (χ3v) is 4.24. The first-order valence-corrected chi connectivity index (χ1v) is 7.18. The lowest BCUT2D eigenvalue weighted by Gasteiger charge is -2.29. The minimum absolute atomic E-state index is 0.101. The number of carboxylic acids is 1. The number of rotatable bonds is 3. The molecule has 108 valence electrons. The van der Waals surface area contributed by atoms with Gasteiger partial charge in [0.15, 0.2) is 0 Å². The minimum Gasteiger partial charge on any atom is -0.481 e. The van der Waals surface area contributed by atoms with E-state index in [0.717, 1.165) is 0 Å². The second-order valence-electron chi connectivity index (χ2n) is 4.75. The lowest BCUT2D eigenvalue weighted by molar-refractivity contribution is -0.143. The molecular formula is C13H16N2O4S. The summed E-state index contributed by atoms with van der Waals surface area (Å²) in [4.78, 5) is 36.3. The van der Waals surface area contributed by atoms with E-state index in [0.29, 0.717) is 35.8 Å². The molecule has 0 unspecified atom stereocenters. The zero-order valence-corrected chi connectivity index (χ0v) is 11.9. The number of nitrogens with zero attached hydrogens (tertiary/aromatic N) is 1. The first-order chi connectivity index (χ1) is 9.47. The van der Waals surface area contributed by atoms with Crippen molar-refractivity contribution < 1.29 is 19.5 Å². The van der Waals surface area contributed by atoms with Gasteiger partial charge in [-0.2, -0.15) is 0 Å². The Morgan fingerprint density at radius 1 is 1.30 bits per heavy atom. The molecule has 1 saturated heterocycles.